The van der Waals surface area contributed by atoms with Crippen LogP contribution in [0.4, 0.5) is 8.78 Å². The number of pyridine rings is 1. The summed E-state index contributed by atoms with van der Waals surface area (Å²) in [5.74, 6) is -2.01. The van der Waals surface area contributed by atoms with Gasteiger partial charge in [0.15, 0.2) is 5.78 Å². The number of carbonyl (C=O) groups is 1. The van der Waals surface area contributed by atoms with Gasteiger partial charge >= 0.3 is 0 Å². The van der Waals surface area contributed by atoms with E-state index in [0.717, 1.165) is 44.7 Å². The first-order valence-corrected chi connectivity index (χ1v) is 7.68. The van der Waals surface area contributed by atoms with Crippen molar-refractivity contribution in [1.82, 2.24) is 4.98 Å². The molecule has 1 heterocycles. The molecule has 3 nitrogen and oxygen atoms in total. The Hall–Kier alpha value is -2.30. The van der Waals surface area contributed by atoms with Gasteiger partial charge in [0.05, 0.1) is 5.56 Å². The number of rotatable bonds is 4. The lowest BCUT2D eigenvalue weighted by atomic mass is 10.0. The third-order valence-electron chi connectivity index (χ3n) is 4.06. The summed E-state index contributed by atoms with van der Waals surface area (Å²) in [5, 5.41) is 0. The van der Waals surface area contributed by atoms with Crippen molar-refractivity contribution in [3.8, 4) is 17.0 Å². The van der Waals surface area contributed by atoms with E-state index in [-0.39, 0.29) is 6.10 Å². The minimum Gasteiger partial charge on any atom is -0.474 e. The molecule has 0 bridgehead atoms. The Morgan fingerprint density at radius 3 is 2.48 bits per heavy atom. The number of ketones is 1. The van der Waals surface area contributed by atoms with Crippen molar-refractivity contribution in [2.24, 2.45) is 0 Å². The van der Waals surface area contributed by atoms with E-state index in [1.54, 1.807) is 18.3 Å². The van der Waals surface area contributed by atoms with Crippen LogP contribution in [0.3, 0.4) is 0 Å². The van der Waals surface area contributed by atoms with Crippen molar-refractivity contribution in [2.75, 3.05) is 0 Å². The molecule has 1 saturated carbocycles. The van der Waals surface area contributed by atoms with Gasteiger partial charge in [0.2, 0.25) is 5.88 Å². The summed E-state index contributed by atoms with van der Waals surface area (Å²) in [6.45, 7) is 1.14. The number of ether oxygens (including phenoxy) is 1. The number of hydrogen-bond acceptors (Lipinski definition) is 3. The molecular formula is C18H17F2NO2. The number of benzene rings is 1. The van der Waals surface area contributed by atoms with Gasteiger partial charge in [-0.15, -0.1) is 0 Å². The number of Topliss-reactive ketones (excluding diaryl/α,β-unsaturated/α-hetero) is 1. The standard InChI is InChI=1S/C18H17F2NO2/c1-11(22)17-15(19)9-12(10-16(17)20)14-7-4-8-21-18(14)23-13-5-2-3-6-13/h4,7-10,13H,2-3,5-6H2,1H3. The van der Waals surface area contributed by atoms with E-state index in [2.05, 4.69) is 4.98 Å². The molecule has 1 aliphatic carbocycles. The molecule has 0 saturated heterocycles. The highest BCUT2D eigenvalue weighted by Gasteiger charge is 2.21. The van der Waals surface area contributed by atoms with E-state index in [1.165, 1.54) is 0 Å². The van der Waals surface area contributed by atoms with E-state index >= 15 is 0 Å². The Morgan fingerprint density at radius 2 is 1.87 bits per heavy atom. The average molecular weight is 317 g/mol. The second-order valence-corrected chi connectivity index (χ2v) is 5.75. The van der Waals surface area contributed by atoms with Crippen molar-refractivity contribution >= 4 is 5.78 Å². The maximum Gasteiger partial charge on any atom is 0.221 e. The topological polar surface area (TPSA) is 39.2 Å². The highest BCUT2D eigenvalue weighted by molar-refractivity contribution is 5.95. The van der Waals surface area contributed by atoms with Gasteiger partial charge in [-0.2, -0.15) is 0 Å². The Labute approximate surface area is 133 Å². The van der Waals surface area contributed by atoms with Gasteiger partial charge < -0.3 is 4.74 Å². The molecule has 0 unspecified atom stereocenters. The summed E-state index contributed by atoms with van der Waals surface area (Å²) < 4.78 is 34.0. The molecule has 1 fully saturated rings. The van der Waals surface area contributed by atoms with Crippen LogP contribution in [-0.4, -0.2) is 16.9 Å². The Balaban J connectivity index is 2.00. The van der Waals surface area contributed by atoms with E-state index in [9.17, 15) is 13.6 Å². The third-order valence-corrected chi connectivity index (χ3v) is 4.06. The van der Waals surface area contributed by atoms with Crippen molar-refractivity contribution in [2.45, 2.75) is 38.7 Å². The molecule has 0 N–H and O–H groups in total. The van der Waals surface area contributed by atoms with Crippen LogP contribution in [0.5, 0.6) is 5.88 Å². The molecule has 1 aromatic heterocycles. The van der Waals surface area contributed by atoms with Crippen molar-refractivity contribution in [3.05, 3.63) is 47.7 Å². The smallest absolute Gasteiger partial charge is 0.221 e. The van der Waals surface area contributed by atoms with Crippen LogP contribution in [-0.2, 0) is 0 Å². The fourth-order valence-corrected chi connectivity index (χ4v) is 2.93. The number of carbonyl (C=O) groups excluding carboxylic acids is 1. The summed E-state index contributed by atoms with van der Waals surface area (Å²) in [6, 6.07) is 5.70. The monoisotopic (exact) mass is 317 g/mol. The highest BCUT2D eigenvalue weighted by Crippen LogP contribution is 2.33. The lowest BCUT2D eigenvalue weighted by Gasteiger charge is -2.15. The molecule has 0 amide bonds. The van der Waals surface area contributed by atoms with Crippen LogP contribution in [0.2, 0.25) is 0 Å². The van der Waals surface area contributed by atoms with Gasteiger partial charge in [-0.3, -0.25) is 4.79 Å². The molecule has 120 valence electrons. The molecule has 1 aliphatic rings. The molecular weight excluding hydrogens is 300 g/mol. The Bertz CT molecular complexity index is 717. The van der Waals surface area contributed by atoms with Crippen LogP contribution in [0.15, 0.2) is 30.5 Å². The van der Waals surface area contributed by atoms with Crippen LogP contribution in [0.1, 0.15) is 43.0 Å². The lowest BCUT2D eigenvalue weighted by Crippen LogP contribution is -2.12. The molecule has 5 heteroatoms. The summed E-state index contributed by atoms with van der Waals surface area (Å²) >= 11 is 0. The normalized spacial score (nSPS) is 14.9. The van der Waals surface area contributed by atoms with Crippen molar-refractivity contribution < 1.29 is 18.3 Å². The molecule has 0 atom stereocenters. The first-order chi connectivity index (χ1) is 11.1. The van der Waals surface area contributed by atoms with Gasteiger partial charge in [-0.1, -0.05) is 0 Å². The van der Waals surface area contributed by atoms with E-state index in [1.807, 2.05) is 0 Å². The average Bonchev–Trinajstić information content (AvgIpc) is 2.99. The predicted octanol–water partition coefficient (Wildman–Crippen LogP) is 4.55. The fourth-order valence-electron chi connectivity index (χ4n) is 2.93. The molecule has 2 aromatic rings. The van der Waals surface area contributed by atoms with Gasteiger partial charge in [0, 0.05) is 11.8 Å². The third kappa shape index (κ3) is 3.23. The van der Waals surface area contributed by atoms with E-state index in [0.29, 0.717) is 17.0 Å². The number of halogens is 2. The lowest BCUT2D eigenvalue weighted by molar-refractivity contribution is 0.101. The van der Waals surface area contributed by atoms with E-state index in [4.69, 9.17) is 4.74 Å². The fraction of sp³-hybridized carbons (Fsp3) is 0.333. The van der Waals surface area contributed by atoms with Gasteiger partial charge in [-0.25, -0.2) is 13.8 Å². The van der Waals surface area contributed by atoms with Crippen LogP contribution < -0.4 is 4.74 Å². The zero-order valence-corrected chi connectivity index (χ0v) is 12.8. The maximum atomic E-state index is 14.1. The van der Waals surface area contributed by atoms with Crippen LogP contribution >= 0.6 is 0 Å². The predicted molar refractivity (Wildman–Crippen MR) is 82.5 cm³/mol. The zero-order valence-electron chi connectivity index (χ0n) is 12.8. The highest BCUT2D eigenvalue weighted by atomic mass is 19.1. The van der Waals surface area contributed by atoms with Crippen LogP contribution in [0, 0.1) is 11.6 Å². The summed E-state index contributed by atoms with van der Waals surface area (Å²) in [4.78, 5) is 15.5. The van der Waals surface area contributed by atoms with Gasteiger partial charge in [-0.05, 0) is 62.4 Å². The molecule has 0 aliphatic heterocycles. The quantitative estimate of drug-likeness (QED) is 0.777. The number of nitrogens with zero attached hydrogens (tertiary/aromatic N) is 1. The van der Waals surface area contributed by atoms with Gasteiger partial charge in [0.1, 0.15) is 17.7 Å². The minimum absolute atomic E-state index is 0.0924. The first-order valence-electron chi connectivity index (χ1n) is 7.68. The molecule has 0 spiro atoms. The first kappa shape index (κ1) is 15.6. The Morgan fingerprint density at radius 1 is 1.22 bits per heavy atom. The molecule has 1 aromatic carbocycles. The summed E-state index contributed by atoms with van der Waals surface area (Å²) in [5.41, 5.74) is 0.314. The van der Waals surface area contributed by atoms with Crippen molar-refractivity contribution in [1.29, 1.82) is 0 Å². The van der Waals surface area contributed by atoms with Crippen molar-refractivity contribution in [3.63, 3.8) is 0 Å². The van der Waals surface area contributed by atoms with Gasteiger partial charge in [0.25, 0.3) is 0 Å². The molecule has 3 rings (SSSR count). The second kappa shape index (κ2) is 6.44. The Kier molecular flexibility index (Phi) is 4.37. The summed E-state index contributed by atoms with van der Waals surface area (Å²) in [6.07, 6.45) is 5.83. The van der Waals surface area contributed by atoms with Crippen LogP contribution in [0.25, 0.3) is 11.1 Å². The zero-order chi connectivity index (χ0) is 16.4. The maximum absolute atomic E-state index is 14.1. The summed E-state index contributed by atoms with van der Waals surface area (Å²) in [7, 11) is 0. The molecule has 23 heavy (non-hydrogen) atoms. The largest absolute Gasteiger partial charge is 0.474 e. The van der Waals surface area contributed by atoms with E-state index < -0.39 is 23.0 Å². The number of hydrogen-bond donors (Lipinski definition) is 0. The minimum atomic E-state index is -0.872. The second-order valence-electron chi connectivity index (χ2n) is 5.75. The SMILES string of the molecule is CC(=O)c1c(F)cc(-c2cccnc2OC2CCCC2)cc1F. The number of aromatic nitrogens is 1. The molecule has 0 radical (unpaired) electrons.